The van der Waals surface area contributed by atoms with Gasteiger partial charge < -0.3 is 0 Å². The van der Waals surface area contributed by atoms with E-state index in [0.29, 0.717) is 18.8 Å². The van der Waals surface area contributed by atoms with E-state index in [1.807, 2.05) is 6.92 Å². The van der Waals surface area contributed by atoms with Crippen LogP contribution in [0.3, 0.4) is 0 Å². The van der Waals surface area contributed by atoms with Crippen LogP contribution in [0.2, 0.25) is 0 Å². The fraction of sp³-hybridized carbons (Fsp3) is 0.889. The van der Waals surface area contributed by atoms with Gasteiger partial charge >= 0.3 is 0 Å². The third-order valence-electron chi connectivity index (χ3n) is 4.00. The number of hydrogen-bond acceptors (Lipinski definition) is 3. The number of fused-ring (bicyclic) bond motifs is 2. The van der Waals surface area contributed by atoms with Crippen LogP contribution in [0.4, 0.5) is 0 Å². The summed E-state index contributed by atoms with van der Waals surface area (Å²) in [5.41, 5.74) is -0.641. The normalized spacial score (nSPS) is 42.0. The molecule has 2 N–H and O–H groups in total. The molecular formula is C9H15NO3S. The Labute approximate surface area is 83.9 Å². The van der Waals surface area contributed by atoms with E-state index in [-0.39, 0.29) is 17.5 Å². The summed E-state index contributed by atoms with van der Waals surface area (Å²) in [6.07, 6.45) is 2.23. The van der Waals surface area contributed by atoms with E-state index in [2.05, 4.69) is 0 Å². The van der Waals surface area contributed by atoms with Gasteiger partial charge in [-0.2, -0.15) is 0 Å². The van der Waals surface area contributed by atoms with E-state index in [9.17, 15) is 13.2 Å². The minimum absolute atomic E-state index is 0.107. The highest BCUT2D eigenvalue weighted by molar-refractivity contribution is 7.89. The summed E-state index contributed by atoms with van der Waals surface area (Å²) in [7, 11) is -3.54. The molecular weight excluding hydrogens is 202 g/mol. The Bertz CT molecular complexity index is 376. The molecule has 0 aromatic heterocycles. The van der Waals surface area contributed by atoms with Crippen molar-refractivity contribution in [2.24, 2.45) is 22.4 Å². The van der Waals surface area contributed by atoms with Crippen molar-refractivity contribution in [2.75, 3.05) is 5.75 Å². The molecule has 0 spiro atoms. The molecule has 5 heteroatoms. The molecule has 2 aliphatic carbocycles. The third kappa shape index (κ3) is 1.30. The van der Waals surface area contributed by atoms with Crippen molar-refractivity contribution in [3.63, 3.8) is 0 Å². The van der Waals surface area contributed by atoms with Crippen LogP contribution in [-0.2, 0) is 14.8 Å². The van der Waals surface area contributed by atoms with Gasteiger partial charge in [0.05, 0.1) is 5.75 Å². The largest absolute Gasteiger partial charge is 0.299 e. The van der Waals surface area contributed by atoms with Crippen LogP contribution in [-0.4, -0.2) is 20.0 Å². The second-order valence-electron chi connectivity index (χ2n) is 4.68. The maximum Gasteiger partial charge on any atom is 0.210 e. The van der Waals surface area contributed by atoms with Gasteiger partial charge in [-0.3, -0.25) is 4.79 Å². The number of carbonyl (C=O) groups is 1. The molecule has 80 valence electrons. The van der Waals surface area contributed by atoms with Crippen LogP contribution < -0.4 is 5.14 Å². The number of sulfonamides is 1. The standard InChI is InChI=1S/C9H15NO3S/c1-6-7-2-3-9(6,8(11)4-7)5-14(10,12)13/h6-7H,2-5H2,1H3,(H2,10,12,13)/t6?,7?,9-/m1/s1. The zero-order valence-corrected chi connectivity index (χ0v) is 9.01. The second kappa shape index (κ2) is 2.79. The molecule has 2 saturated carbocycles. The fourth-order valence-corrected chi connectivity index (χ4v) is 4.41. The molecule has 2 rings (SSSR count). The average Bonchev–Trinajstić information content (AvgIpc) is 2.40. The number of ketones is 1. The molecule has 0 amide bonds. The van der Waals surface area contributed by atoms with Gasteiger partial charge in [0.15, 0.2) is 0 Å². The van der Waals surface area contributed by atoms with Crippen LogP contribution in [0.15, 0.2) is 0 Å². The Balaban J connectivity index is 2.34. The van der Waals surface area contributed by atoms with Gasteiger partial charge in [0.1, 0.15) is 5.78 Å². The van der Waals surface area contributed by atoms with Crippen molar-refractivity contribution in [3.05, 3.63) is 0 Å². The van der Waals surface area contributed by atoms with Gasteiger partial charge in [-0.1, -0.05) is 6.92 Å². The molecule has 0 aliphatic heterocycles. The third-order valence-corrected chi connectivity index (χ3v) is 4.92. The van der Waals surface area contributed by atoms with E-state index < -0.39 is 15.4 Å². The minimum Gasteiger partial charge on any atom is -0.299 e. The lowest BCUT2D eigenvalue weighted by atomic mass is 9.81. The minimum atomic E-state index is -3.54. The quantitative estimate of drug-likeness (QED) is 0.721. The first-order valence-electron chi connectivity index (χ1n) is 4.89. The van der Waals surface area contributed by atoms with E-state index in [1.165, 1.54) is 0 Å². The summed E-state index contributed by atoms with van der Waals surface area (Å²) in [4.78, 5) is 11.7. The van der Waals surface area contributed by atoms with E-state index in [4.69, 9.17) is 5.14 Å². The highest BCUT2D eigenvalue weighted by Crippen LogP contribution is 2.56. The Morgan fingerprint density at radius 3 is 2.57 bits per heavy atom. The fourth-order valence-electron chi connectivity index (χ4n) is 3.13. The maximum absolute atomic E-state index is 11.7. The van der Waals surface area contributed by atoms with Crippen molar-refractivity contribution in [1.82, 2.24) is 0 Å². The molecule has 0 aromatic rings. The van der Waals surface area contributed by atoms with Crippen LogP contribution in [0.25, 0.3) is 0 Å². The Morgan fingerprint density at radius 1 is 1.57 bits per heavy atom. The number of rotatable bonds is 2. The zero-order valence-electron chi connectivity index (χ0n) is 8.19. The summed E-state index contributed by atoms with van der Waals surface area (Å²) in [5, 5.41) is 5.04. The molecule has 0 heterocycles. The maximum atomic E-state index is 11.7. The summed E-state index contributed by atoms with van der Waals surface area (Å²) >= 11 is 0. The first-order valence-corrected chi connectivity index (χ1v) is 6.60. The molecule has 2 bridgehead atoms. The Morgan fingerprint density at radius 2 is 2.21 bits per heavy atom. The summed E-state index contributed by atoms with van der Waals surface area (Å²) in [6, 6.07) is 0. The molecule has 4 nitrogen and oxygen atoms in total. The van der Waals surface area contributed by atoms with Crippen LogP contribution in [0, 0.1) is 17.3 Å². The average molecular weight is 217 g/mol. The molecule has 2 unspecified atom stereocenters. The lowest BCUT2D eigenvalue weighted by Crippen LogP contribution is -2.39. The van der Waals surface area contributed by atoms with Gasteiger partial charge in [0.25, 0.3) is 0 Å². The smallest absolute Gasteiger partial charge is 0.210 e. The molecule has 2 fully saturated rings. The number of primary sulfonamides is 1. The number of Topliss-reactive ketones (excluding diaryl/α,β-unsaturated/α-hetero) is 1. The van der Waals surface area contributed by atoms with Gasteiger partial charge in [0.2, 0.25) is 10.0 Å². The molecule has 3 atom stereocenters. The molecule has 0 saturated heterocycles. The van der Waals surface area contributed by atoms with Crippen molar-refractivity contribution in [1.29, 1.82) is 0 Å². The summed E-state index contributed by atoms with van der Waals surface area (Å²) in [5.74, 6) is 0.532. The topological polar surface area (TPSA) is 77.2 Å². The number of nitrogens with two attached hydrogens (primary N) is 1. The van der Waals surface area contributed by atoms with Crippen LogP contribution in [0.5, 0.6) is 0 Å². The van der Waals surface area contributed by atoms with Crippen LogP contribution >= 0.6 is 0 Å². The van der Waals surface area contributed by atoms with Gasteiger partial charge in [-0.05, 0) is 24.7 Å². The van der Waals surface area contributed by atoms with E-state index in [0.717, 1.165) is 6.42 Å². The second-order valence-corrected chi connectivity index (χ2v) is 6.29. The number of hydrogen-bond donors (Lipinski definition) is 1. The van der Waals surface area contributed by atoms with Gasteiger partial charge in [-0.25, -0.2) is 13.6 Å². The first-order chi connectivity index (χ1) is 6.35. The van der Waals surface area contributed by atoms with Crippen molar-refractivity contribution < 1.29 is 13.2 Å². The predicted molar refractivity (Wildman–Crippen MR) is 51.9 cm³/mol. The molecule has 0 radical (unpaired) electrons. The monoisotopic (exact) mass is 217 g/mol. The van der Waals surface area contributed by atoms with E-state index >= 15 is 0 Å². The number of carbonyl (C=O) groups excluding carboxylic acids is 1. The highest BCUT2D eigenvalue weighted by Gasteiger charge is 2.58. The molecule has 2 aliphatic rings. The van der Waals surface area contributed by atoms with Crippen LogP contribution in [0.1, 0.15) is 26.2 Å². The summed E-state index contributed by atoms with van der Waals surface area (Å²) in [6.45, 7) is 1.98. The Hall–Kier alpha value is -0.420. The lowest BCUT2D eigenvalue weighted by Gasteiger charge is -2.26. The van der Waals surface area contributed by atoms with Crippen molar-refractivity contribution >= 4 is 15.8 Å². The van der Waals surface area contributed by atoms with Crippen molar-refractivity contribution in [3.8, 4) is 0 Å². The van der Waals surface area contributed by atoms with E-state index in [1.54, 1.807) is 0 Å². The SMILES string of the molecule is CC1C2CC[C@]1(CS(N)(=O)=O)C(=O)C2. The van der Waals surface area contributed by atoms with Gasteiger partial charge in [0, 0.05) is 11.8 Å². The highest BCUT2D eigenvalue weighted by atomic mass is 32.2. The first kappa shape index (κ1) is 10.1. The lowest BCUT2D eigenvalue weighted by molar-refractivity contribution is -0.126. The Kier molecular flexibility index (Phi) is 2.02. The predicted octanol–water partition coefficient (Wildman–Crippen LogP) is 0.280. The zero-order chi connectivity index (χ0) is 10.6. The summed E-state index contributed by atoms with van der Waals surface area (Å²) < 4.78 is 22.2. The van der Waals surface area contributed by atoms with Gasteiger partial charge in [-0.15, -0.1) is 0 Å². The molecule has 0 aromatic carbocycles. The van der Waals surface area contributed by atoms with Crippen molar-refractivity contribution in [2.45, 2.75) is 26.2 Å². The molecule has 14 heavy (non-hydrogen) atoms.